The Bertz CT molecular complexity index is 692. The number of hydrogen-bond acceptors (Lipinski definition) is 5. The first-order valence-corrected chi connectivity index (χ1v) is 7.01. The van der Waals surface area contributed by atoms with E-state index in [0.29, 0.717) is 5.69 Å². The smallest absolute Gasteiger partial charge is 0.301 e. The van der Waals surface area contributed by atoms with Crippen LogP contribution in [0.1, 0.15) is 6.92 Å². The Morgan fingerprint density at radius 1 is 1.29 bits per heavy atom. The third-order valence-corrected chi connectivity index (χ3v) is 3.60. The molecule has 1 heterocycles. The lowest BCUT2D eigenvalue weighted by Crippen LogP contribution is -2.05. The molecule has 2 aromatic rings. The van der Waals surface area contributed by atoms with E-state index in [1.165, 1.54) is 19.1 Å². The molecule has 0 fully saturated rings. The zero-order valence-electron chi connectivity index (χ0n) is 10.9. The van der Waals surface area contributed by atoms with Crippen molar-refractivity contribution >= 4 is 40.6 Å². The molecule has 1 N–H and O–H groups in total. The molecule has 21 heavy (non-hydrogen) atoms. The van der Waals surface area contributed by atoms with Crippen molar-refractivity contribution in [1.29, 1.82) is 0 Å². The lowest BCUT2D eigenvalue weighted by molar-refractivity contribution is -0.388. The van der Waals surface area contributed by atoms with Gasteiger partial charge in [-0.1, -0.05) is 23.4 Å². The molecule has 0 atom stereocenters. The Kier molecular flexibility index (Phi) is 4.77. The lowest BCUT2D eigenvalue weighted by Gasteiger charge is -2.05. The number of nitrogens with one attached hydrogen (secondary N) is 1. The molecule has 0 aliphatic rings. The largest absolute Gasteiger partial charge is 0.326 e. The number of aromatic nitrogens is 1. The van der Waals surface area contributed by atoms with Gasteiger partial charge in [0, 0.05) is 23.6 Å². The summed E-state index contributed by atoms with van der Waals surface area (Å²) in [5.41, 5.74) is 0.552. The highest BCUT2D eigenvalue weighted by Crippen LogP contribution is 2.34. The van der Waals surface area contributed by atoms with Crippen LogP contribution in [0.4, 0.5) is 11.4 Å². The minimum absolute atomic E-state index is 0.102. The molecule has 108 valence electrons. The number of benzene rings is 1. The van der Waals surface area contributed by atoms with Gasteiger partial charge >= 0.3 is 5.69 Å². The molecule has 6 nitrogen and oxygen atoms in total. The minimum Gasteiger partial charge on any atom is -0.326 e. The summed E-state index contributed by atoms with van der Waals surface area (Å²) < 4.78 is 0. The van der Waals surface area contributed by atoms with Crippen molar-refractivity contribution in [1.82, 2.24) is 4.98 Å². The molecule has 8 heteroatoms. The first-order chi connectivity index (χ1) is 9.95. The molecule has 1 aromatic carbocycles. The lowest BCUT2D eigenvalue weighted by atomic mass is 10.3. The van der Waals surface area contributed by atoms with Crippen molar-refractivity contribution < 1.29 is 9.72 Å². The Morgan fingerprint density at radius 3 is 2.52 bits per heavy atom. The number of nitro groups is 1. The molecule has 0 spiro atoms. The van der Waals surface area contributed by atoms with Crippen molar-refractivity contribution in [2.45, 2.75) is 16.8 Å². The van der Waals surface area contributed by atoms with E-state index < -0.39 is 4.92 Å². The van der Waals surface area contributed by atoms with E-state index in [9.17, 15) is 14.9 Å². The molecule has 0 radical (unpaired) electrons. The van der Waals surface area contributed by atoms with E-state index >= 15 is 0 Å². The van der Waals surface area contributed by atoms with Gasteiger partial charge in [0.05, 0.1) is 4.92 Å². The third kappa shape index (κ3) is 4.17. The Hall–Kier alpha value is -2.12. The predicted molar refractivity (Wildman–Crippen MR) is 80.8 cm³/mol. The molecule has 0 saturated carbocycles. The van der Waals surface area contributed by atoms with Crippen LogP contribution < -0.4 is 5.32 Å². The number of amides is 1. The normalized spacial score (nSPS) is 10.2. The summed E-state index contributed by atoms with van der Waals surface area (Å²) in [6.07, 6.45) is 0. The van der Waals surface area contributed by atoms with Crippen LogP contribution in [0.25, 0.3) is 0 Å². The quantitative estimate of drug-likeness (QED) is 0.526. The number of rotatable bonds is 4. The van der Waals surface area contributed by atoms with Gasteiger partial charge in [-0.05, 0) is 30.3 Å². The number of nitrogens with zero attached hydrogens (tertiary/aromatic N) is 2. The summed E-state index contributed by atoms with van der Waals surface area (Å²) in [7, 11) is 0. The molecule has 1 aromatic heterocycles. The molecule has 0 aliphatic carbocycles. The van der Waals surface area contributed by atoms with Gasteiger partial charge in [0.25, 0.3) is 0 Å². The fourth-order valence-electron chi connectivity index (χ4n) is 1.55. The highest BCUT2D eigenvalue weighted by atomic mass is 35.5. The third-order valence-electron chi connectivity index (χ3n) is 2.39. The summed E-state index contributed by atoms with van der Waals surface area (Å²) in [6, 6.07) is 9.59. The molecule has 0 bridgehead atoms. The second kappa shape index (κ2) is 6.55. The Labute approximate surface area is 129 Å². The highest BCUT2D eigenvalue weighted by Gasteiger charge is 2.16. The molecule has 0 unspecified atom stereocenters. The predicted octanol–water partition coefficient (Wildman–Crippen LogP) is 3.75. The average Bonchev–Trinajstić information content (AvgIpc) is 2.40. The number of pyridine rings is 1. The van der Waals surface area contributed by atoms with Gasteiger partial charge in [0.1, 0.15) is 5.15 Å². The first kappa shape index (κ1) is 15.3. The van der Waals surface area contributed by atoms with Crippen molar-refractivity contribution in [3.8, 4) is 0 Å². The van der Waals surface area contributed by atoms with Gasteiger partial charge in [-0.2, -0.15) is 0 Å². The monoisotopic (exact) mass is 323 g/mol. The van der Waals surface area contributed by atoms with Crippen LogP contribution in [-0.4, -0.2) is 15.8 Å². The van der Waals surface area contributed by atoms with Crippen LogP contribution in [-0.2, 0) is 4.79 Å². The second-order valence-corrected chi connectivity index (χ2v) is 5.47. The molecular weight excluding hydrogens is 314 g/mol. The number of anilines is 1. The number of carbonyl (C=O) groups is 1. The summed E-state index contributed by atoms with van der Waals surface area (Å²) in [5.74, 6) is -0.164. The van der Waals surface area contributed by atoms with E-state index in [1.54, 1.807) is 24.3 Å². The van der Waals surface area contributed by atoms with Gasteiger partial charge in [-0.25, -0.2) is 4.98 Å². The van der Waals surface area contributed by atoms with Crippen molar-refractivity contribution in [2.75, 3.05) is 5.32 Å². The van der Waals surface area contributed by atoms with Crippen LogP contribution in [0.5, 0.6) is 0 Å². The van der Waals surface area contributed by atoms with Crippen LogP contribution in [0, 0.1) is 10.1 Å². The SMILES string of the molecule is CC(=O)Nc1ccc(Sc2nc(Cl)ccc2[N+](=O)[O-])cc1. The molecule has 2 rings (SSSR count). The highest BCUT2D eigenvalue weighted by molar-refractivity contribution is 7.99. The van der Waals surface area contributed by atoms with Crippen LogP contribution >= 0.6 is 23.4 Å². The van der Waals surface area contributed by atoms with Gasteiger partial charge < -0.3 is 5.32 Å². The Balaban J connectivity index is 2.23. The van der Waals surface area contributed by atoms with E-state index in [0.717, 1.165) is 16.7 Å². The summed E-state index contributed by atoms with van der Waals surface area (Å²) in [6.45, 7) is 1.42. The standard InChI is InChI=1S/C13H10ClN3O3S/c1-8(18)15-9-2-4-10(5-3-9)21-13-11(17(19)20)6-7-12(14)16-13/h2-7H,1H3,(H,15,18). The number of halogens is 1. The van der Waals surface area contributed by atoms with Crippen LogP contribution in [0.2, 0.25) is 5.15 Å². The van der Waals surface area contributed by atoms with Gasteiger partial charge in [0.15, 0.2) is 5.03 Å². The van der Waals surface area contributed by atoms with Crippen molar-refractivity contribution in [2.24, 2.45) is 0 Å². The first-order valence-electron chi connectivity index (χ1n) is 5.82. The van der Waals surface area contributed by atoms with Crippen molar-refractivity contribution in [3.05, 3.63) is 51.7 Å². The fourth-order valence-corrected chi connectivity index (χ4v) is 2.63. The maximum atomic E-state index is 11.0. The number of carbonyl (C=O) groups excluding carboxylic acids is 1. The summed E-state index contributed by atoms with van der Waals surface area (Å²) in [4.78, 5) is 26.1. The number of hydrogen-bond donors (Lipinski definition) is 1. The minimum atomic E-state index is -0.503. The van der Waals surface area contributed by atoms with E-state index in [1.807, 2.05) is 0 Å². The van der Waals surface area contributed by atoms with E-state index in [-0.39, 0.29) is 21.8 Å². The van der Waals surface area contributed by atoms with Gasteiger partial charge in [-0.15, -0.1) is 0 Å². The topological polar surface area (TPSA) is 85.1 Å². The summed E-state index contributed by atoms with van der Waals surface area (Å²) >= 11 is 6.91. The van der Waals surface area contributed by atoms with E-state index in [4.69, 9.17) is 11.6 Å². The maximum absolute atomic E-state index is 11.0. The Morgan fingerprint density at radius 2 is 1.95 bits per heavy atom. The van der Waals surface area contributed by atoms with E-state index in [2.05, 4.69) is 10.3 Å². The van der Waals surface area contributed by atoms with Gasteiger partial charge in [0.2, 0.25) is 5.91 Å². The van der Waals surface area contributed by atoms with Crippen LogP contribution in [0.15, 0.2) is 46.3 Å². The molecule has 0 aliphatic heterocycles. The molecular formula is C13H10ClN3O3S. The van der Waals surface area contributed by atoms with Crippen molar-refractivity contribution in [3.63, 3.8) is 0 Å². The zero-order chi connectivity index (χ0) is 15.4. The summed E-state index contributed by atoms with van der Waals surface area (Å²) in [5, 5.41) is 14.0. The molecule has 1 amide bonds. The molecule has 0 saturated heterocycles. The zero-order valence-corrected chi connectivity index (χ0v) is 12.4. The average molecular weight is 324 g/mol. The van der Waals surface area contributed by atoms with Crippen LogP contribution in [0.3, 0.4) is 0 Å². The second-order valence-electron chi connectivity index (χ2n) is 4.02. The maximum Gasteiger partial charge on any atom is 0.301 e. The fraction of sp³-hybridized carbons (Fsp3) is 0.0769. The van der Waals surface area contributed by atoms with Gasteiger partial charge in [-0.3, -0.25) is 14.9 Å².